The summed E-state index contributed by atoms with van der Waals surface area (Å²) in [6.07, 6.45) is 1.40. The first-order chi connectivity index (χ1) is 11.9. The maximum Gasteiger partial charge on any atom is 0.257 e. The van der Waals surface area contributed by atoms with Crippen molar-refractivity contribution in [2.75, 3.05) is 16.9 Å². The third kappa shape index (κ3) is 3.38. The molecule has 1 aromatic carbocycles. The number of fused-ring (bicyclic) bond motifs is 1. The van der Waals surface area contributed by atoms with Gasteiger partial charge in [-0.05, 0) is 18.4 Å². The van der Waals surface area contributed by atoms with Gasteiger partial charge in [0.25, 0.3) is 5.56 Å². The lowest BCUT2D eigenvalue weighted by Crippen LogP contribution is -2.36. The van der Waals surface area contributed by atoms with E-state index in [0.29, 0.717) is 6.07 Å². The van der Waals surface area contributed by atoms with E-state index < -0.39 is 34.9 Å². The summed E-state index contributed by atoms with van der Waals surface area (Å²) in [5.74, 6) is -4.13. The Morgan fingerprint density at radius 2 is 2.12 bits per heavy atom. The predicted octanol–water partition coefficient (Wildman–Crippen LogP) is 1.83. The number of nitrogens with zero attached hydrogens (tertiary/aromatic N) is 1. The van der Waals surface area contributed by atoms with Gasteiger partial charge in [-0.25, -0.2) is 13.8 Å². The molecule has 1 aliphatic rings. The van der Waals surface area contributed by atoms with Crippen molar-refractivity contribution in [3.8, 4) is 0 Å². The van der Waals surface area contributed by atoms with Crippen molar-refractivity contribution >= 4 is 35.1 Å². The van der Waals surface area contributed by atoms with E-state index in [1.807, 2.05) is 0 Å². The molecule has 0 bridgehead atoms. The van der Waals surface area contributed by atoms with E-state index >= 15 is 0 Å². The highest BCUT2D eigenvalue weighted by Gasteiger charge is 2.35. The van der Waals surface area contributed by atoms with Gasteiger partial charge in [0.2, 0.25) is 11.8 Å². The highest BCUT2D eigenvalue weighted by atomic mass is 32.2. The van der Waals surface area contributed by atoms with Gasteiger partial charge in [0.1, 0.15) is 17.5 Å². The summed E-state index contributed by atoms with van der Waals surface area (Å²) < 4.78 is 26.7. The van der Waals surface area contributed by atoms with Gasteiger partial charge >= 0.3 is 0 Å². The summed E-state index contributed by atoms with van der Waals surface area (Å²) in [6, 6.07) is 2.67. The molecular weight excluding hydrogens is 354 g/mol. The van der Waals surface area contributed by atoms with E-state index in [4.69, 9.17) is 0 Å². The third-order valence-corrected chi connectivity index (χ3v) is 4.21. The molecule has 2 aromatic rings. The first-order valence-electron chi connectivity index (χ1n) is 7.13. The lowest BCUT2D eigenvalue weighted by Gasteiger charge is -2.23. The summed E-state index contributed by atoms with van der Waals surface area (Å²) in [7, 11) is 0. The molecule has 0 unspecified atom stereocenters. The molecule has 2 amide bonds. The Balaban J connectivity index is 1.96. The molecule has 25 heavy (non-hydrogen) atoms. The quantitative estimate of drug-likeness (QED) is 0.568. The number of anilines is 2. The number of carbonyl (C=O) groups excluding carboxylic acids is 2. The van der Waals surface area contributed by atoms with E-state index in [2.05, 4.69) is 20.6 Å². The van der Waals surface area contributed by atoms with Crippen LogP contribution in [0.1, 0.15) is 17.9 Å². The second-order valence-corrected chi connectivity index (χ2v) is 6.05. The SMILES string of the molecule is CSc1nc2c(c(=O)[nH]1)[C@H](C(=O)Nc1ccc(F)cc1F)CC(=O)N2. The molecule has 3 N–H and O–H groups in total. The molecule has 0 saturated heterocycles. The Bertz CT molecular complexity index is 931. The average molecular weight is 366 g/mol. The minimum atomic E-state index is -1.14. The van der Waals surface area contributed by atoms with Crippen LogP contribution in [0.15, 0.2) is 28.2 Å². The normalized spacial score (nSPS) is 16.1. The van der Waals surface area contributed by atoms with Crippen LogP contribution in [-0.2, 0) is 9.59 Å². The molecule has 3 rings (SSSR count). The predicted molar refractivity (Wildman–Crippen MR) is 87.6 cm³/mol. The standard InChI is InChI=1S/C15H12F2N4O3S/c1-25-15-20-12-11(14(24)21-15)7(5-10(22)19-12)13(23)18-9-3-2-6(16)4-8(9)17/h2-4,7H,5H2,1H3,(H,18,23)(H2,19,20,21,22,24)/t7-/m1/s1. The van der Waals surface area contributed by atoms with Crippen LogP contribution >= 0.6 is 11.8 Å². The number of carbonyl (C=O) groups is 2. The van der Waals surface area contributed by atoms with Crippen LogP contribution < -0.4 is 16.2 Å². The molecule has 1 aromatic heterocycles. The highest BCUT2D eigenvalue weighted by molar-refractivity contribution is 7.98. The number of nitrogens with one attached hydrogen (secondary N) is 3. The zero-order chi connectivity index (χ0) is 18.1. The van der Waals surface area contributed by atoms with Crippen molar-refractivity contribution in [3.63, 3.8) is 0 Å². The number of hydrogen-bond donors (Lipinski definition) is 3. The fourth-order valence-electron chi connectivity index (χ4n) is 2.48. The monoisotopic (exact) mass is 366 g/mol. The number of aromatic nitrogens is 2. The second kappa shape index (κ2) is 6.63. The lowest BCUT2D eigenvalue weighted by atomic mass is 9.92. The molecule has 0 fully saturated rings. The Kier molecular flexibility index (Phi) is 4.53. The Labute approximate surface area is 144 Å². The van der Waals surface area contributed by atoms with E-state index in [1.165, 1.54) is 11.8 Å². The molecule has 0 spiro atoms. The van der Waals surface area contributed by atoms with Gasteiger partial charge in [-0.3, -0.25) is 14.4 Å². The molecule has 0 aliphatic carbocycles. The summed E-state index contributed by atoms with van der Waals surface area (Å²) in [6.45, 7) is 0. The number of amides is 2. The number of H-pyrrole nitrogens is 1. The maximum atomic E-state index is 13.7. The Morgan fingerprint density at radius 3 is 2.80 bits per heavy atom. The molecular formula is C15H12F2N4O3S. The van der Waals surface area contributed by atoms with E-state index in [-0.39, 0.29) is 28.6 Å². The Hall–Kier alpha value is -2.75. The number of rotatable bonds is 3. The van der Waals surface area contributed by atoms with Crippen molar-refractivity contribution < 1.29 is 18.4 Å². The van der Waals surface area contributed by atoms with Gasteiger partial charge in [-0.15, -0.1) is 0 Å². The van der Waals surface area contributed by atoms with Crippen molar-refractivity contribution in [2.45, 2.75) is 17.5 Å². The molecule has 7 nitrogen and oxygen atoms in total. The molecule has 10 heteroatoms. The third-order valence-electron chi connectivity index (χ3n) is 3.63. The van der Waals surface area contributed by atoms with Crippen LogP contribution in [0.4, 0.5) is 20.3 Å². The topological polar surface area (TPSA) is 104 Å². The van der Waals surface area contributed by atoms with Gasteiger partial charge < -0.3 is 15.6 Å². The number of halogens is 2. The second-order valence-electron chi connectivity index (χ2n) is 5.26. The Morgan fingerprint density at radius 1 is 1.36 bits per heavy atom. The molecule has 0 radical (unpaired) electrons. The molecule has 1 aliphatic heterocycles. The first kappa shape index (κ1) is 17.1. The summed E-state index contributed by atoms with van der Waals surface area (Å²) in [5.41, 5.74) is -0.810. The largest absolute Gasteiger partial charge is 0.323 e. The van der Waals surface area contributed by atoms with Crippen molar-refractivity contribution in [1.29, 1.82) is 0 Å². The van der Waals surface area contributed by atoms with Gasteiger partial charge in [0.15, 0.2) is 5.16 Å². The fraction of sp³-hybridized carbons (Fsp3) is 0.200. The minimum Gasteiger partial charge on any atom is -0.323 e. The number of thioether (sulfide) groups is 1. The zero-order valence-corrected chi connectivity index (χ0v) is 13.7. The fourth-order valence-corrected chi connectivity index (χ4v) is 2.86. The van der Waals surface area contributed by atoms with Crippen LogP contribution in [-0.4, -0.2) is 28.0 Å². The average Bonchev–Trinajstić information content (AvgIpc) is 2.55. The summed E-state index contributed by atoms with van der Waals surface area (Å²) in [4.78, 5) is 43.2. The number of benzene rings is 1. The zero-order valence-electron chi connectivity index (χ0n) is 12.9. The number of aromatic amines is 1. The highest BCUT2D eigenvalue weighted by Crippen LogP contribution is 2.30. The van der Waals surface area contributed by atoms with Crippen LogP contribution in [0, 0.1) is 11.6 Å². The maximum absolute atomic E-state index is 13.7. The van der Waals surface area contributed by atoms with Crippen molar-refractivity contribution in [1.82, 2.24) is 9.97 Å². The van der Waals surface area contributed by atoms with Gasteiger partial charge in [0, 0.05) is 12.5 Å². The smallest absolute Gasteiger partial charge is 0.257 e. The lowest BCUT2D eigenvalue weighted by molar-refractivity contribution is -0.123. The van der Waals surface area contributed by atoms with Gasteiger partial charge in [-0.2, -0.15) is 0 Å². The van der Waals surface area contributed by atoms with Gasteiger partial charge in [-0.1, -0.05) is 11.8 Å². The van der Waals surface area contributed by atoms with Crippen LogP contribution in [0.2, 0.25) is 0 Å². The van der Waals surface area contributed by atoms with Crippen LogP contribution in [0.5, 0.6) is 0 Å². The van der Waals surface area contributed by atoms with Crippen LogP contribution in [0.3, 0.4) is 0 Å². The molecule has 2 heterocycles. The summed E-state index contributed by atoms with van der Waals surface area (Å²) in [5, 5.41) is 5.02. The molecule has 130 valence electrons. The molecule has 1 atom stereocenters. The van der Waals surface area contributed by atoms with Crippen LogP contribution in [0.25, 0.3) is 0 Å². The number of hydrogen-bond acceptors (Lipinski definition) is 5. The first-order valence-corrected chi connectivity index (χ1v) is 8.35. The minimum absolute atomic E-state index is 0.00239. The molecule has 0 saturated carbocycles. The van der Waals surface area contributed by atoms with E-state index in [1.54, 1.807) is 6.26 Å². The van der Waals surface area contributed by atoms with Gasteiger partial charge in [0.05, 0.1) is 17.2 Å². The van der Waals surface area contributed by atoms with Crippen molar-refractivity contribution in [3.05, 3.63) is 45.8 Å². The summed E-state index contributed by atoms with van der Waals surface area (Å²) >= 11 is 1.17. The van der Waals surface area contributed by atoms with Crippen molar-refractivity contribution in [2.24, 2.45) is 0 Å². The van der Waals surface area contributed by atoms with E-state index in [0.717, 1.165) is 12.1 Å². The van der Waals surface area contributed by atoms with E-state index in [9.17, 15) is 23.2 Å².